The van der Waals surface area contributed by atoms with Crippen LogP contribution in [0.15, 0.2) is 30.3 Å². The van der Waals surface area contributed by atoms with Crippen LogP contribution < -0.4 is 4.74 Å². The predicted molar refractivity (Wildman–Crippen MR) is 75.7 cm³/mol. The quantitative estimate of drug-likeness (QED) is 0.902. The van der Waals surface area contributed by atoms with Gasteiger partial charge in [-0.15, -0.1) is 0 Å². The van der Waals surface area contributed by atoms with Crippen LogP contribution in [0, 0.1) is 0 Å². The normalized spacial score (nSPS) is 13.0. The van der Waals surface area contributed by atoms with E-state index in [1.165, 1.54) is 0 Å². The van der Waals surface area contributed by atoms with Crippen molar-refractivity contribution in [1.29, 1.82) is 0 Å². The lowest BCUT2D eigenvalue weighted by Gasteiger charge is -2.10. The molecule has 1 aliphatic rings. The summed E-state index contributed by atoms with van der Waals surface area (Å²) < 4.78 is 5.62. The molecule has 0 amide bonds. The van der Waals surface area contributed by atoms with E-state index in [0.717, 1.165) is 36.1 Å². The maximum absolute atomic E-state index is 11.4. The van der Waals surface area contributed by atoms with Crippen LogP contribution in [-0.2, 0) is 19.4 Å². The number of aromatic carboxylic acids is 1. The Kier molecular flexibility index (Phi) is 3.58. The van der Waals surface area contributed by atoms with E-state index in [0.29, 0.717) is 5.75 Å². The number of aromatic nitrogens is 1. The molecule has 0 aliphatic heterocycles. The Morgan fingerprint density at radius 1 is 1.24 bits per heavy atom. The van der Waals surface area contributed by atoms with Crippen molar-refractivity contribution in [3.63, 3.8) is 0 Å². The van der Waals surface area contributed by atoms with E-state index < -0.39 is 5.97 Å². The lowest BCUT2D eigenvalue weighted by molar-refractivity contribution is 0.0693. The van der Waals surface area contributed by atoms with Crippen LogP contribution in [0.3, 0.4) is 0 Å². The smallest absolute Gasteiger partial charge is 0.341 e. The van der Waals surface area contributed by atoms with Crippen molar-refractivity contribution in [3.05, 3.63) is 52.7 Å². The third-order valence-electron chi connectivity index (χ3n) is 3.57. The summed E-state index contributed by atoms with van der Waals surface area (Å²) in [7, 11) is 0. The van der Waals surface area contributed by atoms with Crippen molar-refractivity contribution in [2.75, 3.05) is 0 Å². The number of hydrogen-bond acceptors (Lipinski definition) is 4. The molecule has 3 rings (SSSR count). The fourth-order valence-electron chi connectivity index (χ4n) is 2.46. The number of carboxylic acids is 1. The van der Waals surface area contributed by atoms with Gasteiger partial charge in [-0.1, -0.05) is 12.1 Å². The molecule has 0 saturated carbocycles. The SMILES string of the molecule is O=C(O)c1cc2c(nc1Oc1ccc(CO)cc1)CCC2. The van der Waals surface area contributed by atoms with Gasteiger partial charge in [0.1, 0.15) is 11.3 Å². The molecule has 5 nitrogen and oxygen atoms in total. The second-order valence-corrected chi connectivity index (χ2v) is 5.01. The number of rotatable bonds is 4. The van der Waals surface area contributed by atoms with E-state index in [4.69, 9.17) is 9.84 Å². The van der Waals surface area contributed by atoms with Gasteiger partial charge in [0.05, 0.1) is 6.61 Å². The van der Waals surface area contributed by atoms with Gasteiger partial charge >= 0.3 is 5.97 Å². The van der Waals surface area contributed by atoms with Crippen molar-refractivity contribution in [2.45, 2.75) is 25.9 Å². The third kappa shape index (κ3) is 2.73. The van der Waals surface area contributed by atoms with Crippen molar-refractivity contribution < 1.29 is 19.7 Å². The number of aryl methyl sites for hydroxylation is 2. The van der Waals surface area contributed by atoms with Crippen molar-refractivity contribution in [2.24, 2.45) is 0 Å². The van der Waals surface area contributed by atoms with Gasteiger partial charge in [-0.3, -0.25) is 0 Å². The number of benzene rings is 1. The van der Waals surface area contributed by atoms with E-state index >= 15 is 0 Å². The number of aliphatic hydroxyl groups is 1. The molecule has 0 saturated heterocycles. The summed E-state index contributed by atoms with van der Waals surface area (Å²) in [5.41, 5.74) is 2.77. The number of pyridine rings is 1. The molecule has 1 heterocycles. The first-order valence-corrected chi connectivity index (χ1v) is 6.81. The third-order valence-corrected chi connectivity index (χ3v) is 3.57. The number of fused-ring (bicyclic) bond motifs is 1. The van der Waals surface area contributed by atoms with Gasteiger partial charge < -0.3 is 14.9 Å². The van der Waals surface area contributed by atoms with Gasteiger partial charge in [-0.25, -0.2) is 9.78 Å². The van der Waals surface area contributed by atoms with E-state index in [9.17, 15) is 9.90 Å². The molecule has 1 aromatic carbocycles. The van der Waals surface area contributed by atoms with Crippen LogP contribution in [0.5, 0.6) is 11.6 Å². The van der Waals surface area contributed by atoms with E-state index in [2.05, 4.69) is 4.98 Å². The monoisotopic (exact) mass is 285 g/mol. The Morgan fingerprint density at radius 3 is 2.67 bits per heavy atom. The molecule has 108 valence electrons. The summed E-state index contributed by atoms with van der Waals surface area (Å²) in [6.45, 7) is -0.0439. The zero-order chi connectivity index (χ0) is 14.8. The molecule has 0 radical (unpaired) electrons. The summed E-state index contributed by atoms with van der Waals surface area (Å²) in [5.74, 6) is -0.417. The number of carbonyl (C=O) groups is 1. The van der Waals surface area contributed by atoms with Crippen molar-refractivity contribution in [1.82, 2.24) is 4.98 Å². The lowest BCUT2D eigenvalue weighted by atomic mass is 10.1. The van der Waals surface area contributed by atoms with Crippen LogP contribution in [0.25, 0.3) is 0 Å². The molecule has 0 atom stereocenters. The highest BCUT2D eigenvalue weighted by atomic mass is 16.5. The highest BCUT2D eigenvalue weighted by Gasteiger charge is 2.21. The van der Waals surface area contributed by atoms with Crippen molar-refractivity contribution >= 4 is 5.97 Å². The Labute approximate surface area is 121 Å². The maximum Gasteiger partial charge on any atom is 0.341 e. The molecule has 2 aromatic rings. The average molecular weight is 285 g/mol. The zero-order valence-corrected chi connectivity index (χ0v) is 11.4. The fourth-order valence-corrected chi connectivity index (χ4v) is 2.46. The molecule has 2 N–H and O–H groups in total. The highest BCUT2D eigenvalue weighted by molar-refractivity contribution is 5.90. The highest BCUT2D eigenvalue weighted by Crippen LogP contribution is 2.29. The predicted octanol–water partition coefficient (Wildman–Crippen LogP) is 2.55. The molecular formula is C16H15NO4. The topological polar surface area (TPSA) is 79.7 Å². The Balaban J connectivity index is 1.94. The Morgan fingerprint density at radius 2 is 2.00 bits per heavy atom. The first kappa shape index (κ1) is 13.6. The molecule has 0 fully saturated rings. The minimum absolute atomic E-state index is 0.0439. The first-order chi connectivity index (χ1) is 10.2. The van der Waals surface area contributed by atoms with Gasteiger partial charge in [0.2, 0.25) is 5.88 Å². The van der Waals surface area contributed by atoms with Gasteiger partial charge in [0.15, 0.2) is 0 Å². The van der Waals surface area contributed by atoms with Crippen LogP contribution in [0.1, 0.15) is 33.6 Å². The summed E-state index contributed by atoms with van der Waals surface area (Å²) in [4.78, 5) is 15.7. The molecule has 0 spiro atoms. The van der Waals surface area contributed by atoms with Crippen molar-refractivity contribution in [3.8, 4) is 11.6 Å². The molecule has 1 aromatic heterocycles. The molecular weight excluding hydrogens is 270 g/mol. The summed E-state index contributed by atoms with van der Waals surface area (Å²) in [6, 6.07) is 8.49. The summed E-state index contributed by atoms with van der Waals surface area (Å²) >= 11 is 0. The zero-order valence-electron chi connectivity index (χ0n) is 11.4. The lowest BCUT2D eigenvalue weighted by Crippen LogP contribution is -2.05. The van der Waals surface area contributed by atoms with Crippen LogP contribution in [-0.4, -0.2) is 21.2 Å². The van der Waals surface area contributed by atoms with Crippen LogP contribution in [0.4, 0.5) is 0 Å². The maximum atomic E-state index is 11.4. The summed E-state index contributed by atoms with van der Waals surface area (Å²) in [5, 5.41) is 18.3. The minimum Gasteiger partial charge on any atom is -0.477 e. The van der Waals surface area contributed by atoms with E-state index in [-0.39, 0.29) is 18.1 Å². The number of aliphatic hydroxyl groups excluding tert-OH is 1. The van der Waals surface area contributed by atoms with Gasteiger partial charge in [0, 0.05) is 5.69 Å². The largest absolute Gasteiger partial charge is 0.477 e. The van der Waals surface area contributed by atoms with Gasteiger partial charge in [-0.05, 0) is 48.6 Å². The Bertz CT molecular complexity index is 679. The number of nitrogens with zero attached hydrogens (tertiary/aromatic N) is 1. The standard InChI is InChI=1S/C16H15NO4/c18-9-10-4-6-12(7-5-10)21-15-13(16(19)20)8-11-2-1-3-14(11)17-15/h4-8,18H,1-3,9H2,(H,19,20). The number of carboxylic acid groups (broad SMARTS) is 1. The van der Waals surface area contributed by atoms with Crippen LogP contribution in [0.2, 0.25) is 0 Å². The second-order valence-electron chi connectivity index (χ2n) is 5.01. The second kappa shape index (κ2) is 5.54. The molecule has 5 heteroatoms. The first-order valence-electron chi connectivity index (χ1n) is 6.81. The molecule has 0 unspecified atom stereocenters. The average Bonchev–Trinajstić information content (AvgIpc) is 2.94. The van der Waals surface area contributed by atoms with Crippen LogP contribution >= 0.6 is 0 Å². The van der Waals surface area contributed by atoms with Gasteiger partial charge in [0.25, 0.3) is 0 Å². The van der Waals surface area contributed by atoms with E-state index in [1.807, 2.05) is 0 Å². The number of hydrogen-bond donors (Lipinski definition) is 2. The molecule has 1 aliphatic carbocycles. The van der Waals surface area contributed by atoms with E-state index in [1.54, 1.807) is 30.3 Å². The Hall–Kier alpha value is -2.40. The fraction of sp³-hybridized carbons (Fsp3) is 0.250. The molecule has 21 heavy (non-hydrogen) atoms. The summed E-state index contributed by atoms with van der Waals surface area (Å²) in [6.07, 6.45) is 2.72. The number of ether oxygens (including phenoxy) is 1. The molecule has 0 bridgehead atoms. The minimum atomic E-state index is -1.04. The van der Waals surface area contributed by atoms with Gasteiger partial charge in [-0.2, -0.15) is 0 Å².